The molecule has 102 valence electrons. The van der Waals surface area contributed by atoms with Crippen LogP contribution < -0.4 is 14.4 Å². The first-order valence-corrected chi connectivity index (χ1v) is 6.31. The Morgan fingerprint density at radius 1 is 0.900 bits per heavy atom. The SMILES string of the molecule is CN1CC2=C(Oc3ccccc3O2)c2ccccc21.I. The molecule has 2 aromatic rings. The van der Waals surface area contributed by atoms with Crippen LogP contribution in [0.2, 0.25) is 0 Å². The molecule has 2 aliphatic rings. The van der Waals surface area contributed by atoms with Crippen molar-refractivity contribution in [1.29, 1.82) is 0 Å². The quantitative estimate of drug-likeness (QED) is 0.649. The predicted molar refractivity (Wildman–Crippen MR) is 89.7 cm³/mol. The minimum Gasteiger partial charge on any atom is -0.452 e. The van der Waals surface area contributed by atoms with E-state index in [9.17, 15) is 0 Å². The van der Waals surface area contributed by atoms with Crippen LogP contribution in [-0.2, 0) is 0 Å². The van der Waals surface area contributed by atoms with Gasteiger partial charge in [-0.1, -0.05) is 24.3 Å². The lowest BCUT2D eigenvalue weighted by molar-refractivity contribution is 0.336. The average molecular weight is 379 g/mol. The molecular weight excluding hydrogens is 365 g/mol. The van der Waals surface area contributed by atoms with Crippen molar-refractivity contribution in [3.05, 3.63) is 59.9 Å². The standard InChI is InChI=1S/C16H13NO2.HI/c1-17-10-15-16(11-6-2-3-7-12(11)17)19-14-9-5-4-8-13(14)18-15;/h2-9H,10H2,1H3;1H. The summed E-state index contributed by atoms with van der Waals surface area (Å²) in [6.45, 7) is 0.723. The normalized spacial score (nSPS) is 15.2. The van der Waals surface area contributed by atoms with Crippen molar-refractivity contribution in [3.8, 4) is 11.5 Å². The molecule has 4 heteroatoms. The van der Waals surface area contributed by atoms with Gasteiger partial charge in [0.05, 0.1) is 6.54 Å². The van der Waals surface area contributed by atoms with Gasteiger partial charge in [0.2, 0.25) is 0 Å². The fraction of sp³-hybridized carbons (Fsp3) is 0.125. The summed E-state index contributed by atoms with van der Waals surface area (Å²) in [6, 6.07) is 16.0. The first kappa shape index (κ1) is 13.3. The summed E-state index contributed by atoms with van der Waals surface area (Å²) in [6.07, 6.45) is 0. The van der Waals surface area contributed by atoms with Crippen LogP contribution in [0.3, 0.4) is 0 Å². The highest BCUT2D eigenvalue weighted by atomic mass is 127. The number of para-hydroxylation sites is 3. The van der Waals surface area contributed by atoms with Crippen LogP contribution in [0.25, 0.3) is 5.76 Å². The summed E-state index contributed by atoms with van der Waals surface area (Å²) < 4.78 is 12.0. The molecule has 3 nitrogen and oxygen atoms in total. The smallest absolute Gasteiger partial charge is 0.177 e. The maximum atomic E-state index is 6.04. The number of benzene rings is 2. The molecule has 0 aromatic heterocycles. The molecule has 0 saturated carbocycles. The fourth-order valence-corrected chi connectivity index (χ4v) is 2.57. The largest absolute Gasteiger partial charge is 0.452 e. The Kier molecular flexibility index (Phi) is 3.33. The number of hydrogen-bond donors (Lipinski definition) is 0. The van der Waals surface area contributed by atoms with Crippen LogP contribution in [-0.4, -0.2) is 13.6 Å². The number of fused-ring (bicyclic) bond motifs is 3. The van der Waals surface area contributed by atoms with Gasteiger partial charge in [0.15, 0.2) is 23.0 Å². The summed E-state index contributed by atoms with van der Waals surface area (Å²) in [5, 5.41) is 0. The number of rotatable bonds is 0. The number of anilines is 1. The highest BCUT2D eigenvalue weighted by Gasteiger charge is 2.29. The third-order valence-corrected chi connectivity index (χ3v) is 3.49. The zero-order chi connectivity index (χ0) is 12.8. The van der Waals surface area contributed by atoms with Gasteiger partial charge < -0.3 is 14.4 Å². The average Bonchev–Trinajstić information content (AvgIpc) is 2.46. The van der Waals surface area contributed by atoms with E-state index in [4.69, 9.17) is 9.47 Å². The number of halogens is 1. The Morgan fingerprint density at radius 3 is 2.35 bits per heavy atom. The van der Waals surface area contributed by atoms with E-state index in [1.807, 2.05) is 36.4 Å². The van der Waals surface area contributed by atoms with E-state index < -0.39 is 0 Å². The van der Waals surface area contributed by atoms with Crippen molar-refractivity contribution in [2.45, 2.75) is 0 Å². The minimum atomic E-state index is 0. The number of ether oxygens (including phenoxy) is 2. The van der Waals surface area contributed by atoms with E-state index in [2.05, 4.69) is 24.1 Å². The molecule has 0 radical (unpaired) electrons. The van der Waals surface area contributed by atoms with Crippen LogP contribution in [0.4, 0.5) is 5.69 Å². The molecule has 0 bridgehead atoms. The zero-order valence-electron chi connectivity index (χ0n) is 11.0. The van der Waals surface area contributed by atoms with Crippen LogP contribution >= 0.6 is 24.0 Å². The molecule has 0 atom stereocenters. The van der Waals surface area contributed by atoms with Crippen LogP contribution in [0.5, 0.6) is 11.5 Å². The van der Waals surface area contributed by atoms with E-state index in [0.717, 1.165) is 35.1 Å². The highest BCUT2D eigenvalue weighted by molar-refractivity contribution is 14.0. The number of hydrogen-bond acceptors (Lipinski definition) is 3. The van der Waals surface area contributed by atoms with E-state index >= 15 is 0 Å². The third-order valence-electron chi connectivity index (χ3n) is 3.49. The van der Waals surface area contributed by atoms with Crippen molar-refractivity contribution in [1.82, 2.24) is 0 Å². The maximum absolute atomic E-state index is 6.04. The third kappa shape index (κ3) is 1.95. The van der Waals surface area contributed by atoms with Crippen LogP contribution in [0.15, 0.2) is 54.3 Å². The minimum absolute atomic E-state index is 0. The Morgan fingerprint density at radius 2 is 1.55 bits per heavy atom. The van der Waals surface area contributed by atoms with E-state index in [0.29, 0.717) is 0 Å². The molecular formula is C16H14INO2. The summed E-state index contributed by atoms with van der Waals surface area (Å²) in [5.74, 6) is 3.28. The zero-order valence-corrected chi connectivity index (χ0v) is 13.3. The maximum Gasteiger partial charge on any atom is 0.177 e. The summed E-state index contributed by atoms with van der Waals surface area (Å²) in [4.78, 5) is 2.17. The van der Waals surface area contributed by atoms with Crippen molar-refractivity contribution >= 4 is 35.4 Å². The van der Waals surface area contributed by atoms with Crippen molar-refractivity contribution < 1.29 is 9.47 Å². The lowest BCUT2D eigenvalue weighted by atomic mass is 10.0. The van der Waals surface area contributed by atoms with Crippen molar-refractivity contribution in [2.24, 2.45) is 0 Å². The number of nitrogens with zero attached hydrogens (tertiary/aromatic N) is 1. The molecule has 0 aliphatic carbocycles. The van der Waals surface area contributed by atoms with Crippen LogP contribution in [0, 0.1) is 0 Å². The van der Waals surface area contributed by atoms with Crippen LogP contribution in [0.1, 0.15) is 5.56 Å². The van der Waals surface area contributed by atoms with Gasteiger partial charge in [-0.25, -0.2) is 0 Å². The molecule has 0 spiro atoms. The first-order valence-electron chi connectivity index (χ1n) is 6.31. The predicted octanol–water partition coefficient (Wildman–Crippen LogP) is 3.89. The first-order chi connectivity index (χ1) is 9.33. The molecule has 0 saturated heterocycles. The molecule has 0 fully saturated rings. The molecule has 0 N–H and O–H groups in total. The van der Waals surface area contributed by atoms with Crippen molar-refractivity contribution in [3.63, 3.8) is 0 Å². The Hall–Kier alpha value is -1.69. The fourth-order valence-electron chi connectivity index (χ4n) is 2.57. The van der Waals surface area contributed by atoms with Gasteiger partial charge >= 0.3 is 0 Å². The Labute approximate surface area is 134 Å². The monoisotopic (exact) mass is 379 g/mol. The Bertz CT molecular complexity index is 696. The molecule has 2 heterocycles. The molecule has 2 aliphatic heterocycles. The molecule has 20 heavy (non-hydrogen) atoms. The number of likely N-dealkylation sites (N-methyl/N-ethyl adjacent to an activating group) is 1. The summed E-state index contributed by atoms with van der Waals surface area (Å²) in [5.41, 5.74) is 2.25. The van der Waals surface area contributed by atoms with E-state index in [-0.39, 0.29) is 24.0 Å². The second-order valence-corrected chi connectivity index (χ2v) is 4.78. The van der Waals surface area contributed by atoms with Gasteiger partial charge in [-0.15, -0.1) is 24.0 Å². The highest BCUT2D eigenvalue weighted by Crippen LogP contribution is 2.42. The molecule has 4 rings (SSSR count). The second-order valence-electron chi connectivity index (χ2n) is 4.78. The lowest BCUT2D eigenvalue weighted by Crippen LogP contribution is -2.30. The summed E-state index contributed by atoms with van der Waals surface area (Å²) >= 11 is 0. The van der Waals surface area contributed by atoms with Gasteiger partial charge in [-0.3, -0.25) is 0 Å². The van der Waals surface area contributed by atoms with Crippen molar-refractivity contribution in [2.75, 3.05) is 18.5 Å². The second kappa shape index (κ2) is 5.01. The van der Waals surface area contributed by atoms with Gasteiger partial charge in [0, 0.05) is 18.3 Å². The van der Waals surface area contributed by atoms with E-state index in [1.54, 1.807) is 0 Å². The van der Waals surface area contributed by atoms with Gasteiger partial charge in [0.25, 0.3) is 0 Å². The molecule has 0 unspecified atom stereocenters. The molecule has 2 aromatic carbocycles. The summed E-state index contributed by atoms with van der Waals surface area (Å²) in [7, 11) is 2.06. The molecule has 0 amide bonds. The lowest BCUT2D eigenvalue weighted by Gasteiger charge is -2.33. The van der Waals surface area contributed by atoms with E-state index in [1.165, 1.54) is 5.69 Å². The Balaban J connectivity index is 0.00000121. The van der Waals surface area contributed by atoms with Gasteiger partial charge in [-0.05, 0) is 24.3 Å². The van der Waals surface area contributed by atoms with Gasteiger partial charge in [0.1, 0.15) is 0 Å². The topological polar surface area (TPSA) is 21.7 Å². The van der Waals surface area contributed by atoms with Gasteiger partial charge in [-0.2, -0.15) is 0 Å².